The van der Waals surface area contributed by atoms with E-state index in [-0.39, 0.29) is 0 Å². The predicted molar refractivity (Wildman–Crippen MR) is 82.2 cm³/mol. The molecule has 1 aromatic carbocycles. The summed E-state index contributed by atoms with van der Waals surface area (Å²) in [4.78, 5) is 0. The van der Waals surface area contributed by atoms with Crippen molar-refractivity contribution in [2.24, 2.45) is 7.05 Å². The fraction of sp³-hybridized carbons (Fsp3) is 0.400. The Balaban J connectivity index is 2.10. The van der Waals surface area contributed by atoms with Crippen molar-refractivity contribution in [2.75, 3.05) is 6.61 Å². The molecule has 20 heavy (non-hydrogen) atoms. The molecule has 5 heteroatoms. The fourth-order valence-electron chi connectivity index (χ4n) is 1.88. The van der Waals surface area contributed by atoms with Gasteiger partial charge >= 0.3 is 0 Å². The number of para-hydroxylation sites is 2. The molecule has 0 aliphatic heterocycles. The highest BCUT2D eigenvalue weighted by molar-refractivity contribution is 9.10. The van der Waals surface area contributed by atoms with Gasteiger partial charge < -0.3 is 9.47 Å². The Kier molecular flexibility index (Phi) is 5.06. The van der Waals surface area contributed by atoms with Crippen molar-refractivity contribution in [1.82, 2.24) is 9.78 Å². The van der Waals surface area contributed by atoms with E-state index >= 15 is 0 Å². The molecule has 2 rings (SSSR count). The molecule has 0 spiro atoms. The molecule has 0 saturated carbocycles. The van der Waals surface area contributed by atoms with Crippen molar-refractivity contribution in [3.05, 3.63) is 40.1 Å². The van der Waals surface area contributed by atoms with Crippen molar-refractivity contribution >= 4 is 15.9 Å². The number of ether oxygens (including phenoxy) is 2. The number of rotatable bonds is 6. The lowest BCUT2D eigenvalue weighted by atomic mass is 10.3. The lowest BCUT2D eigenvalue weighted by Crippen LogP contribution is -2.05. The molecule has 0 bridgehead atoms. The molecular weight excluding hydrogens is 320 g/mol. The molecule has 2 aromatic rings. The average molecular weight is 339 g/mol. The minimum Gasteiger partial charge on any atom is -0.490 e. The second-order valence-electron chi connectivity index (χ2n) is 4.55. The maximum absolute atomic E-state index is 5.88. The third-order valence-electron chi connectivity index (χ3n) is 2.94. The van der Waals surface area contributed by atoms with E-state index in [1.54, 1.807) is 0 Å². The van der Waals surface area contributed by atoms with Crippen LogP contribution in [0, 0.1) is 6.92 Å². The summed E-state index contributed by atoms with van der Waals surface area (Å²) in [6, 6.07) is 7.73. The predicted octanol–water partition coefficient (Wildman–Crippen LogP) is 3.86. The molecule has 0 N–H and O–H groups in total. The second-order valence-corrected chi connectivity index (χ2v) is 5.35. The van der Waals surface area contributed by atoms with E-state index in [4.69, 9.17) is 9.47 Å². The fourth-order valence-corrected chi connectivity index (χ4v) is 2.33. The Morgan fingerprint density at radius 3 is 2.40 bits per heavy atom. The van der Waals surface area contributed by atoms with E-state index in [9.17, 15) is 0 Å². The van der Waals surface area contributed by atoms with Gasteiger partial charge in [0.15, 0.2) is 11.5 Å². The lowest BCUT2D eigenvalue weighted by Gasteiger charge is -2.12. The van der Waals surface area contributed by atoms with Crippen LogP contribution in [0.25, 0.3) is 0 Å². The first-order valence-electron chi connectivity index (χ1n) is 6.66. The molecule has 108 valence electrons. The van der Waals surface area contributed by atoms with Gasteiger partial charge in [-0.05, 0) is 41.4 Å². The van der Waals surface area contributed by atoms with Crippen LogP contribution in [0.5, 0.6) is 11.5 Å². The summed E-state index contributed by atoms with van der Waals surface area (Å²) < 4.78 is 14.4. The smallest absolute Gasteiger partial charge is 0.161 e. The first kappa shape index (κ1) is 14.9. The molecule has 0 saturated heterocycles. The summed E-state index contributed by atoms with van der Waals surface area (Å²) in [6.07, 6.45) is 0.973. The highest BCUT2D eigenvalue weighted by atomic mass is 79.9. The zero-order valence-corrected chi connectivity index (χ0v) is 13.6. The molecule has 0 amide bonds. The maximum Gasteiger partial charge on any atom is 0.161 e. The SMILES string of the molecule is CCCOc1ccccc1OCc1c(Br)c(C)nn1C. The minimum absolute atomic E-state index is 0.449. The van der Waals surface area contributed by atoms with Gasteiger partial charge in [-0.15, -0.1) is 0 Å². The van der Waals surface area contributed by atoms with Crippen LogP contribution in [0.2, 0.25) is 0 Å². The normalized spacial score (nSPS) is 10.6. The third-order valence-corrected chi connectivity index (χ3v) is 3.97. The van der Waals surface area contributed by atoms with Gasteiger partial charge in [0, 0.05) is 7.05 Å². The van der Waals surface area contributed by atoms with E-state index in [2.05, 4.69) is 28.0 Å². The Labute approximate surface area is 127 Å². The Morgan fingerprint density at radius 1 is 1.20 bits per heavy atom. The first-order valence-corrected chi connectivity index (χ1v) is 7.45. The van der Waals surface area contributed by atoms with Gasteiger partial charge in [-0.1, -0.05) is 19.1 Å². The van der Waals surface area contributed by atoms with Gasteiger partial charge in [-0.3, -0.25) is 4.68 Å². The van der Waals surface area contributed by atoms with Crippen molar-refractivity contribution in [1.29, 1.82) is 0 Å². The standard InChI is InChI=1S/C15H19BrN2O2/c1-4-9-19-13-7-5-6-8-14(13)20-10-12-15(16)11(2)17-18(12)3/h5-8H,4,9-10H2,1-3H3. The highest BCUT2D eigenvalue weighted by Crippen LogP contribution is 2.28. The zero-order valence-electron chi connectivity index (χ0n) is 12.0. The number of hydrogen-bond acceptors (Lipinski definition) is 3. The van der Waals surface area contributed by atoms with Crippen LogP contribution < -0.4 is 9.47 Å². The van der Waals surface area contributed by atoms with Crippen LogP contribution in [0.15, 0.2) is 28.7 Å². The molecular formula is C15H19BrN2O2. The monoisotopic (exact) mass is 338 g/mol. The van der Waals surface area contributed by atoms with E-state index in [1.165, 1.54) is 0 Å². The van der Waals surface area contributed by atoms with Crippen LogP contribution in [0.1, 0.15) is 24.7 Å². The molecule has 0 fully saturated rings. The van der Waals surface area contributed by atoms with Crippen molar-refractivity contribution in [3.63, 3.8) is 0 Å². The Bertz CT molecular complexity index is 581. The van der Waals surface area contributed by atoms with E-state index in [1.807, 2.05) is 42.9 Å². The summed E-state index contributed by atoms with van der Waals surface area (Å²) in [5.41, 5.74) is 1.97. The first-order chi connectivity index (χ1) is 9.63. The second kappa shape index (κ2) is 6.79. The summed E-state index contributed by atoms with van der Waals surface area (Å²) in [6.45, 7) is 5.18. The van der Waals surface area contributed by atoms with Gasteiger partial charge in [0.25, 0.3) is 0 Å². The Hall–Kier alpha value is -1.49. The van der Waals surface area contributed by atoms with Gasteiger partial charge in [0.1, 0.15) is 6.61 Å². The maximum atomic E-state index is 5.88. The van der Waals surface area contributed by atoms with Crippen LogP contribution in [0.3, 0.4) is 0 Å². The summed E-state index contributed by atoms with van der Waals surface area (Å²) in [5, 5.41) is 4.35. The molecule has 4 nitrogen and oxygen atoms in total. The van der Waals surface area contributed by atoms with Crippen LogP contribution in [0.4, 0.5) is 0 Å². The molecule has 1 heterocycles. The molecule has 0 aliphatic rings. The average Bonchev–Trinajstić information content (AvgIpc) is 2.69. The third kappa shape index (κ3) is 3.33. The van der Waals surface area contributed by atoms with Gasteiger partial charge in [0.05, 0.1) is 22.5 Å². The quantitative estimate of drug-likeness (QED) is 0.802. The van der Waals surface area contributed by atoms with Crippen LogP contribution in [-0.2, 0) is 13.7 Å². The summed E-state index contributed by atoms with van der Waals surface area (Å²) in [7, 11) is 1.91. The number of benzene rings is 1. The van der Waals surface area contributed by atoms with Crippen LogP contribution >= 0.6 is 15.9 Å². The van der Waals surface area contributed by atoms with Crippen molar-refractivity contribution in [2.45, 2.75) is 26.9 Å². The molecule has 1 aromatic heterocycles. The van der Waals surface area contributed by atoms with Gasteiger partial charge in [-0.2, -0.15) is 5.10 Å². The Morgan fingerprint density at radius 2 is 1.85 bits per heavy atom. The van der Waals surface area contributed by atoms with Crippen molar-refractivity contribution in [3.8, 4) is 11.5 Å². The minimum atomic E-state index is 0.449. The van der Waals surface area contributed by atoms with E-state index in [0.29, 0.717) is 13.2 Å². The topological polar surface area (TPSA) is 36.3 Å². The lowest BCUT2D eigenvalue weighted by molar-refractivity contribution is 0.256. The molecule has 0 atom stereocenters. The largest absolute Gasteiger partial charge is 0.490 e. The molecule has 0 aliphatic carbocycles. The number of hydrogen-bond donors (Lipinski definition) is 0. The van der Waals surface area contributed by atoms with Crippen molar-refractivity contribution < 1.29 is 9.47 Å². The number of halogens is 1. The summed E-state index contributed by atoms with van der Waals surface area (Å²) in [5.74, 6) is 1.54. The van der Waals surface area contributed by atoms with Crippen LogP contribution in [-0.4, -0.2) is 16.4 Å². The number of aryl methyl sites for hydroxylation is 2. The number of aromatic nitrogens is 2. The molecule has 0 unspecified atom stereocenters. The molecule has 0 radical (unpaired) electrons. The highest BCUT2D eigenvalue weighted by Gasteiger charge is 2.12. The number of nitrogens with zero attached hydrogens (tertiary/aromatic N) is 2. The zero-order chi connectivity index (χ0) is 14.5. The van der Waals surface area contributed by atoms with Gasteiger partial charge in [-0.25, -0.2) is 0 Å². The summed E-state index contributed by atoms with van der Waals surface area (Å²) >= 11 is 3.54. The van der Waals surface area contributed by atoms with E-state index in [0.717, 1.165) is 33.8 Å². The van der Waals surface area contributed by atoms with Gasteiger partial charge in [0.2, 0.25) is 0 Å². The van der Waals surface area contributed by atoms with E-state index < -0.39 is 0 Å².